The Balaban J connectivity index is 1.40. The number of anilines is 1. The number of aromatic nitrogens is 2. The van der Waals surface area contributed by atoms with Crippen molar-refractivity contribution in [2.45, 2.75) is 19.0 Å². The Bertz CT molecular complexity index is 1050. The monoisotopic (exact) mass is 419 g/mol. The van der Waals surface area contributed by atoms with Gasteiger partial charge in [0.15, 0.2) is 17.6 Å². The average molecular weight is 419 g/mol. The zero-order valence-corrected chi connectivity index (χ0v) is 15.4. The minimum atomic E-state index is -4.90. The molecule has 0 saturated carbocycles. The van der Waals surface area contributed by atoms with Gasteiger partial charge in [0, 0.05) is 6.20 Å². The molecule has 1 atom stereocenters. The van der Waals surface area contributed by atoms with E-state index in [-0.39, 0.29) is 11.7 Å². The molecule has 10 heteroatoms. The van der Waals surface area contributed by atoms with Crippen LogP contribution in [0.4, 0.5) is 18.9 Å². The van der Waals surface area contributed by atoms with Crippen LogP contribution in [0.25, 0.3) is 0 Å². The highest BCUT2D eigenvalue weighted by molar-refractivity contribution is 6.06. The molecule has 1 aromatic heterocycles. The van der Waals surface area contributed by atoms with Crippen molar-refractivity contribution < 1.29 is 32.2 Å². The number of hydrogen-bond acceptors (Lipinski definition) is 5. The van der Waals surface area contributed by atoms with Gasteiger partial charge in [0.25, 0.3) is 5.91 Å². The van der Waals surface area contributed by atoms with Crippen molar-refractivity contribution in [3.05, 3.63) is 66.5 Å². The van der Waals surface area contributed by atoms with Crippen LogP contribution in [0.15, 0.2) is 60.9 Å². The lowest BCUT2D eigenvalue weighted by molar-refractivity contribution is -0.274. The zero-order valence-electron chi connectivity index (χ0n) is 15.4. The molecule has 0 unspecified atom stereocenters. The largest absolute Gasteiger partial charge is 0.573 e. The van der Waals surface area contributed by atoms with E-state index in [1.165, 1.54) is 24.4 Å². The third-order valence-electron chi connectivity index (χ3n) is 4.21. The highest BCUT2D eigenvalue weighted by Crippen LogP contribution is 2.31. The number of nitrogens with zero attached hydrogens (tertiary/aromatic N) is 2. The Hall–Kier alpha value is -3.69. The molecule has 2 heterocycles. The summed E-state index contributed by atoms with van der Waals surface area (Å²) in [6.07, 6.45) is -2.25. The molecule has 3 aromatic rings. The summed E-state index contributed by atoms with van der Waals surface area (Å²) in [6.45, 7) is 0.693. The van der Waals surface area contributed by atoms with E-state index in [0.717, 1.165) is 6.07 Å². The Kier molecular flexibility index (Phi) is 5.21. The molecule has 1 aliphatic heterocycles. The lowest BCUT2D eigenvalue weighted by Gasteiger charge is -2.26. The fourth-order valence-electron chi connectivity index (χ4n) is 2.96. The van der Waals surface area contributed by atoms with Crippen LogP contribution in [0.2, 0.25) is 0 Å². The number of halogens is 3. The summed E-state index contributed by atoms with van der Waals surface area (Å²) < 4.78 is 54.6. The molecular formula is C20H16F3N3O4. The summed E-state index contributed by atoms with van der Waals surface area (Å²) in [5.74, 6) is -0.0282. The Labute approximate surface area is 169 Å². The van der Waals surface area contributed by atoms with Crippen LogP contribution in [0.1, 0.15) is 10.4 Å². The van der Waals surface area contributed by atoms with Gasteiger partial charge in [-0.15, -0.1) is 13.2 Å². The number of benzene rings is 2. The maximum atomic E-state index is 12.5. The van der Waals surface area contributed by atoms with Gasteiger partial charge in [-0.2, -0.15) is 5.10 Å². The van der Waals surface area contributed by atoms with Crippen LogP contribution in [0.3, 0.4) is 0 Å². The predicted octanol–water partition coefficient (Wildman–Crippen LogP) is 3.87. The maximum Gasteiger partial charge on any atom is 0.573 e. The number of amides is 1. The second kappa shape index (κ2) is 7.97. The summed E-state index contributed by atoms with van der Waals surface area (Å²) >= 11 is 0. The van der Waals surface area contributed by atoms with Crippen LogP contribution in [0, 0.1) is 0 Å². The number of fused-ring (bicyclic) bond motifs is 1. The first-order chi connectivity index (χ1) is 14.4. The molecule has 1 aliphatic rings. The Morgan fingerprint density at radius 3 is 2.70 bits per heavy atom. The second-order valence-corrected chi connectivity index (χ2v) is 6.45. The van der Waals surface area contributed by atoms with Gasteiger partial charge in [-0.3, -0.25) is 9.48 Å². The van der Waals surface area contributed by atoms with E-state index >= 15 is 0 Å². The SMILES string of the molecule is O=C(Nc1cnn(C[C@H]2COc3ccccc3O2)c1)c1ccccc1OC(F)(F)F. The molecule has 0 bridgehead atoms. The molecule has 4 rings (SSSR count). The highest BCUT2D eigenvalue weighted by Gasteiger charge is 2.33. The summed E-state index contributed by atoms with van der Waals surface area (Å²) in [5.41, 5.74) is 0.0714. The van der Waals surface area contributed by atoms with E-state index in [2.05, 4.69) is 15.2 Å². The van der Waals surface area contributed by atoms with Crippen molar-refractivity contribution in [1.29, 1.82) is 0 Å². The number of ether oxygens (including phenoxy) is 3. The first-order valence-corrected chi connectivity index (χ1v) is 8.94. The summed E-state index contributed by atoms with van der Waals surface area (Å²) in [5, 5.41) is 6.67. The van der Waals surface area contributed by atoms with E-state index in [0.29, 0.717) is 30.3 Å². The number of para-hydroxylation sites is 3. The van der Waals surface area contributed by atoms with Gasteiger partial charge >= 0.3 is 6.36 Å². The number of rotatable bonds is 5. The molecule has 7 nitrogen and oxygen atoms in total. The van der Waals surface area contributed by atoms with Crippen molar-refractivity contribution in [2.24, 2.45) is 0 Å². The van der Waals surface area contributed by atoms with E-state index in [1.807, 2.05) is 18.2 Å². The molecule has 0 radical (unpaired) electrons. The molecule has 1 amide bonds. The number of hydrogen-bond donors (Lipinski definition) is 1. The number of alkyl halides is 3. The van der Waals surface area contributed by atoms with Crippen molar-refractivity contribution in [3.63, 3.8) is 0 Å². The van der Waals surface area contributed by atoms with Gasteiger partial charge in [0.1, 0.15) is 12.4 Å². The average Bonchev–Trinajstić information content (AvgIpc) is 3.13. The van der Waals surface area contributed by atoms with Gasteiger partial charge in [0.05, 0.1) is 24.0 Å². The molecule has 30 heavy (non-hydrogen) atoms. The van der Waals surface area contributed by atoms with E-state index in [1.54, 1.807) is 16.9 Å². The normalized spacial score (nSPS) is 15.5. The molecule has 156 valence electrons. The fraction of sp³-hybridized carbons (Fsp3) is 0.200. The topological polar surface area (TPSA) is 74.6 Å². The summed E-state index contributed by atoms with van der Waals surface area (Å²) in [7, 11) is 0. The molecular weight excluding hydrogens is 403 g/mol. The zero-order chi connectivity index (χ0) is 21.1. The van der Waals surface area contributed by atoms with Crippen LogP contribution >= 0.6 is 0 Å². The van der Waals surface area contributed by atoms with E-state index in [4.69, 9.17) is 9.47 Å². The van der Waals surface area contributed by atoms with Crippen LogP contribution in [0.5, 0.6) is 17.2 Å². The minimum absolute atomic E-state index is 0.247. The summed E-state index contributed by atoms with van der Waals surface area (Å²) in [6, 6.07) is 12.4. The van der Waals surface area contributed by atoms with Gasteiger partial charge in [-0.1, -0.05) is 24.3 Å². The van der Waals surface area contributed by atoms with Gasteiger partial charge in [0.2, 0.25) is 0 Å². The van der Waals surface area contributed by atoms with Gasteiger partial charge < -0.3 is 19.5 Å². The second-order valence-electron chi connectivity index (χ2n) is 6.45. The van der Waals surface area contributed by atoms with Crippen LogP contribution in [-0.4, -0.2) is 34.8 Å². The quantitative estimate of drug-likeness (QED) is 0.680. The number of nitrogens with one attached hydrogen (secondary N) is 1. The third kappa shape index (κ3) is 4.65. The van der Waals surface area contributed by atoms with Crippen molar-refractivity contribution in [2.75, 3.05) is 11.9 Å². The number of carbonyl (C=O) groups excluding carboxylic acids is 1. The number of carbonyl (C=O) groups is 1. The van der Waals surface area contributed by atoms with Crippen molar-refractivity contribution in [3.8, 4) is 17.2 Å². The first kappa shape index (κ1) is 19.6. The predicted molar refractivity (Wildman–Crippen MR) is 99.7 cm³/mol. The van der Waals surface area contributed by atoms with Gasteiger partial charge in [-0.05, 0) is 24.3 Å². The molecule has 1 N–H and O–H groups in total. The van der Waals surface area contributed by atoms with E-state index in [9.17, 15) is 18.0 Å². The fourth-order valence-corrected chi connectivity index (χ4v) is 2.96. The third-order valence-corrected chi connectivity index (χ3v) is 4.21. The molecule has 0 aliphatic carbocycles. The van der Waals surface area contributed by atoms with Crippen LogP contribution in [-0.2, 0) is 6.54 Å². The maximum absolute atomic E-state index is 12.5. The Morgan fingerprint density at radius 2 is 1.90 bits per heavy atom. The van der Waals surface area contributed by atoms with Crippen molar-refractivity contribution in [1.82, 2.24) is 9.78 Å². The first-order valence-electron chi connectivity index (χ1n) is 8.94. The molecule has 0 spiro atoms. The smallest absolute Gasteiger partial charge is 0.486 e. The summed E-state index contributed by atoms with van der Waals surface area (Å²) in [4.78, 5) is 12.4. The van der Waals surface area contributed by atoms with Crippen molar-refractivity contribution >= 4 is 11.6 Å². The minimum Gasteiger partial charge on any atom is -0.486 e. The highest BCUT2D eigenvalue weighted by atomic mass is 19.4. The molecule has 2 aromatic carbocycles. The lowest BCUT2D eigenvalue weighted by atomic mass is 10.2. The van der Waals surface area contributed by atoms with Crippen LogP contribution < -0.4 is 19.5 Å². The standard InChI is InChI=1S/C20H16F3N3O4/c21-20(22,23)30-16-6-2-1-5-15(16)19(27)25-13-9-24-26(10-13)11-14-12-28-17-7-3-4-8-18(17)29-14/h1-10,14H,11-12H2,(H,25,27)/t14-/m0/s1. The van der Waals surface area contributed by atoms with E-state index < -0.39 is 18.0 Å². The molecule has 0 fully saturated rings. The lowest BCUT2D eigenvalue weighted by Crippen LogP contribution is -2.33. The molecule has 0 saturated heterocycles. The van der Waals surface area contributed by atoms with Gasteiger partial charge in [-0.25, -0.2) is 0 Å². The Morgan fingerprint density at radius 1 is 1.17 bits per heavy atom.